The first-order chi connectivity index (χ1) is 18.1. The third-order valence-corrected chi connectivity index (χ3v) is 6.11. The number of H-pyrrole nitrogens is 1. The Kier molecular flexibility index (Phi) is 6.38. The molecular weight excluding hydrogens is 505 g/mol. The topological polar surface area (TPSA) is 132 Å². The number of alkyl halides is 3. The Morgan fingerprint density at radius 1 is 1.11 bits per heavy atom. The van der Waals surface area contributed by atoms with Crippen LogP contribution in [-0.4, -0.2) is 62.6 Å². The molecule has 0 radical (unpaired) electrons. The molecule has 4 aromatic rings. The Morgan fingerprint density at radius 2 is 1.89 bits per heavy atom. The smallest absolute Gasteiger partial charge is 0.408 e. The third kappa shape index (κ3) is 5.23. The summed E-state index contributed by atoms with van der Waals surface area (Å²) in [6, 6.07) is 8.06. The van der Waals surface area contributed by atoms with Gasteiger partial charge >= 0.3 is 17.8 Å². The molecule has 0 spiro atoms. The van der Waals surface area contributed by atoms with Gasteiger partial charge in [-0.05, 0) is 44.2 Å². The van der Waals surface area contributed by atoms with E-state index in [1.165, 1.54) is 0 Å². The summed E-state index contributed by atoms with van der Waals surface area (Å²) in [5, 5.41) is 6.29. The van der Waals surface area contributed by atoms with Crippen LogP contribution in [0.25, 0.3) is 11.1 Å². The minimum Gasteiger partial charge on any atom is -0.408 e. The number of nitrogens with zero attached hydrogens (tertiary/aromatic N) is 5. The van der Waals surface area contributed by atoms with Crippen molar-refractivity contribution in [2.75, 3.05) is 35.2 Å². The van der Waals surface area contributed by atoms with Crippen LogP contribution in [0, 0.1) is 6.92 Å². The highest BCUT2D eigenvalue weighted by Crippen LogP contribution is 2.26. The Hall–Kier alpha value is -4.62. The van der Waals surface area contributed by atoms with E-state index >= 15 is 0 Å². The molecule has 3 aromatic heterocycles. The molecule has 0 bridgehead atoms. The van der Waals surface area contributed by atoms with Crippen LogP contribution in [0.15, 0.2) is 51.9 Å². The molecule has 14 heteroatoms. The van der Waals surface area contributed by atoms with Gasteiger partial charge in [-0.25, -0.2) is 14.8 Å². The van der Waals surface area contributed by atoms with Crippen LogP contribution in [0.3, 0.4) is 0 Å². The second-order valence-electron chi connectivity index (χ2n) is 8.90. The highest BCUT2D eigenvalue weighted by Gasteiger charge is 2.45. The maximum absolute atomic E-state index is 12.8. The van der Waals surface area contributed by atoms with Gasteiger partial charge in [-0.1, -0.05) is 0 Å². The first-order valence-corrected chi connectivity index (χ1v) is 11.7. The summed E-state index contributed by atoms with van der Waals surface area (Å²) in [7, 11) is 0. The zero-order valence-electron chi connectivity index (χ0n) is 20.3. The summed E-state index contributed by atoms with van der Waals surface area (Å²) in [4.78, 5) is 41.5. The molecule has 1 saturated heterocycles. The molecule has 1 amide bonds. The number of aryl methyl sites for hydroxylation is 1. The molecule has 0 unspecified atom stereocenters. The molecule has 0 aliphatic carbocycles. The van der Waals surface area contributed by atoms with Crippen LogP contribution < -0.4 is 21.3 Å². The second-order valence-corrected chi connectivity index (χ2v) is 8.90. The number of nitrogens with one attached hydrogen (secondary N) is 3. The number of oxazole rings is 1. The molecule has 3 N–H and O–H groups in total. The molecule has 0 saturated carbocycles. The Morgan fingerprint density at radius 3 is 2.61 bits per heavy atom. The number of aromatic amines is 1. The highest BCUT2D eigenvalue weighted by molar-refractivity contribution is 5.82. The molecule has 5 rings (SSSR count). The molecule has 11 nitrogen and oxygen atoms in total. The average Bonchev–Trinajstić information content (AvgIpc) is 3.25. The van der Waals surface area contributed by atoms with Crippen molar-refractivity contribution in [2.45, 2.75) is 26.1 Å². The van der Waals surface area contributed by atoms with Gasteiger partial charge < -0.3 is 24.9 Å². The molecular formula is C24H23F3N8O3. The normalized spacial score (nSPS) is 16.1. The minimum absolute atomic E-state index is 0.0439. The Balaban J connectivity index is 1.25. The van der Waals surface area contributed by atoms with E-state index in [-0.39, 0.29) is 19.6 Å². The largest absolute Gasteiger partial charge is 0.471 e. The summed E-state index contributed by atoms with van der Waals surface area (Å²) in [5.41, 5.74) is 3.10. The lowest BCUT2D eigenvalue weighted by Crippen LogP contribution is -2.57. The summed E-state index contributed by atoms with van der Waals surface area (Å²) in [6.45, 7) is 3.86. The van der Waals surface area contributed by atoms with E-state index in [0.29, 0.717) is 40.1 Å². The number of carbonyl (C=O) groups excluding carboxylic acids is 1. The molecule has 38 heavy (non-hydrogen) atoms. The van der Waals surface area contributed by atoms with Gasteiger partial charge in [0.05, 0.1) is 17.4 Å². The van der Waals surface area contributed by atoms with Crippen LogP contribution in [0.1, 0.15) is 12.5 Å². The van der Waals surface area contributed by atoms with Crippen molar-refractivity contribution in [3.8, 4) is 0 Å². The van der Waals surface area contributed by atoms with Crippen molar-refractivity contribution in [1.29, 1.82) is 0 Å². The summed E-state index contributed by atoms with van der Waals surface area (Å²) in [5.74, 6) is -0.895. The van der Waals surface area contributed by atoms with Gasteiger partial charge in [0.25, 0.3) is 0 Å². The van der Waals surface area contributed by atoms with Crippen LogP contribution in [-0.2, 0) is 4.79 Å². The first kappa shape index (κ1) is 25.0. The van der Waals surface area contributed by atoms with E-state index in [0.717, 1.165) is 10.5 Å². The van der Waals surface area contributed by atoms with E-state index in [4.69, 9.17) is 4.42 Å². The number of rotatable bonds is 5. The monoisotopic (exact) mass is 528 g/mol. The fourth-order valence-electron chi connectivity index (χ4n) is 4.20. The number of pyridine rings is 1. The van der Waals surface area contributed by atoms with Crippen molar-refractivity contribution in [1.82, 2.24) is 24.8 Å². The molecule has 1 fully saturated rings. The number of halogens is 3. The maximum Gasteiger partial charge on any atom is 0.471 e. The SMILES string of the molecule is Cc1cnc(Nc2ccc(N3CCN(C(=O)C(F)(F)F)[C@H](C)C3)nc2)nc1Nc1ccc2oc(=O)[nH]c2c1. The number of anilines is 5. The van der Waals surface area contributed by atoms with E-state index in [2.05, 4.69) is 30.6 Å². The molecule has 4 heterocycles. The van der Waals surface area contributed by atoms with Gasteiger partial charge in [-0.2, -0.15) is 18.2 Å². The molecule has 1 atom stereocenters. The highest BCUT2D eigenvalue weighted by atomic mass is 19.4. The second kappa shape index (κ2) is 9.68. The predicted octanol–water partition coefficient (Wildman–Crippen LogP) is 3.70. The van der Waals surface area contributed by atoms with Gasteiger partial charge in [0, 0.05) is 43.1 Å². The Labute approximate surface area is 213 Å². The van der Waals surface area contributed by atoms with Crippen molar-refractivity contribution < 1.29 is 22.4 Å². The van der Waals surface area contributed by atoms with E-state index in [9.17, 15) is 22.8 Å². The lowest BCUT2D eigenvalue weighted by atomic mass is 10.2. The standard InChI is InChI=1S/C24H23F3N8O3/c1-13-10-29-22(33-20(13)30-15-3-5-18-17(9-15)32-23(37)38-18)31-16-4-6-19(28-11-16)34-7-8-35(14(2)12-34)21(36)24(25,26)27/h3-6,9-11,14H,7-8,12H2,1-2H3,(H,32,37)(H2,29,30,31,33)/t14-/m1/s1. The van der Waals surface area contributed by atoms with Crippen molar-refractivity contribution in [3.63, 3.8) is 0 Å². The summed E-state index contributed by atoms with van der Waals surface area (Å²) in [6.07, 6.45) is -1.66. The number of hydrogen-bond acceptors (Lipinski definition) is 9. The number of aromatic nitrogens is 4. The van der Waals surface area contributed by atoms with Crippen LogP contribution in [0.5, 0.6) is 0 Å². The van der Waals surface area contributed by atoms with Crippen LogP contribution in [0.4, 0.5) is 42.1 Å². The van der Waals surface area contributed by atoms with Crippen molar-refractivity contribution >= 4 is 46.0 Å². The van der Waals surface area contributed by atoms with Gasteiger partial charge in [0.1, 0.15) is 11.6 Å². The number of piperazine rings is 1. The lowest BCUT2D eigenvalue weighted by molar-refractivity contribution is -0.187. The van der Waals surface area contributed by atoms with E-state index in [1.54, 1.807) is 49.6 Å². The number of benzene rings is 1. The zero-order valence-corrected chi connectivity index (χ0v) is 20.3. The van der Waals surface area contributed by atoms with Gasteiger partial charge in [0.15, 0.2) is 5.58 Å². The average molecular weight is 528 g/mol. The maximum atomic E-state index is 12.8. The van der Waals surface area contributed by atoms with Gasteiger partial charge in [-0.3, -0.25) is 9.78 Å². The first-order valence-electron chi connectivity index (χ1n) is 11.7. The predicted molar refractivity (Wildman–Crippen MR) is 134 cm³/mol. The molecule has 198 valence electrons. The third-order valence-electron chi connectivity index (χ3n) is 6.11. The number of amides is 1. The zero-order chi connectivity index (χ0) is 27.0. The van der Waals surface area contributed by atoms with E-state index < -0.39 is 23.9 Å². The summed E-state index contributed by atoms with van der Waals surface area (Å²) >= 11 is 0. The van der Waals surface area contributed by atoms with Crippen molar-refractivity contribution in [3.05, 3.63) is 58.8 Å². The van der Waals surface area contributed by atoms with Crippen LogP contribution >= 0.6 is 0 Å². The van der Waals surface area contributed by atoms with Crippen LogP contribution in [0.2, 0.25) is 0 Å². The minimum atomic E-state index is -4.89. The summed E-state index contributed by atoms with van der Waals surface area (Å²) < 4.78 is 43.5. The molecule has 1 aliphatic heterocycles. The van der Waals surface area contributed by atoms with E-state index in [1.807, 2.05) is 11.8 Å². The van der Waals surface area contributed by atoms with Crippen molar-refractivity contribution in [2.24, 2.45) is 0 Å². The fourth-order valence-corrected chi connectivity index (χ4v) is 4.20. The quantitative estimate of drug-likeness (QED) is 0.355. The number of carbonyl (C=O) groups is 1. The van der Waals surface area contributed by atoms with Gasteiger partial charge in [-0.15, -0.1) is 0 Å². The molecule has 1 aliphatic rings. The number of fused-ring (bicyclic) bond motifs is 1. The Bertz CT molecular complexity index is 1530. The molecule has 1 aromatic carbocycles. The lowest BCUT2D eigenvalue weighted by Gasteiger charge is -2.40. The number of hydrogen-bond donors (Lipinski definition) is 3. The van der Waals surface area contributed by atoms with Gasteiger partial charge in [0.2, 0.25) is 5.95 Å². The fraction of sp³-hybridized carbons (Fsp3) is 0.292.